The smallest absolute Gasteiger partial charge is 0.178 e. The first kappa shape index (κ1) is 13.8. The number of allylic oxidation sites excluding steroid dienone is 2. The molecule has 3 heteroatoms. The van der Waals surface area contributed by atoms with E-state index in [-0.39, 0.29) is 5.78 Å². The first-order valence-corrected chi connectivity index (χ1v) is 6.68. The fraction of sp³-hybridized carbons (Fsp3) is 0.188. The number of hydrogen-bond acceptors (Lipinski definition) is 2. The number of ether oxygens (including phenoxy) is 1. The topological polar surface area (TPSA) is 26.3 Å². The van der Waals surface area contributed by atoms with Crippen LogP contribution in [-0.2, 0) is 15.1 Å². The summed E-state index contributed by atoms with van der Waals surface area (Å²) >= 11 is 3.41. The predicted octanol–water partition coefficient (Wildman–Crippen LogP) is 3.38. The predicted molar refractivity (Wildman–Crippen MR) is 78.5 cm³/mol. The molecular formula is C16H13BrO2. The normalized spacial score (nSPS) is 16.0. The van der Waals surface area contributed by atoms with Crippen LogP contribution in [0.25, 0.3) is 0 Å². The van der Waals surface area contributed by atoms with Gasteiger partial charge in [-0.2, -0.15) is 0 Å². The average Bonchev–Trinajstić information content (AvgIpc) is 2.42. The Hall–Kier alpha value is -1.63. The van der Waals surface area contributed by atoms with Crippen LogP contribution >= 0.6 is 15.9 Å². The van der Waals surface area contributed by atoms with Crippen LogP contribution < -0.4 is 0 Å². The van der Waals surface area contributed by atoms with Crippen molar-refractivity contribution in [3.63, 3.8) is 0 Å². The van der Waals surface area contributed by atoms with Crippen LogP contribution in [0.4, 0.5) is 0 Å². The van der Waals surface area contributed by atoms with Gasteiger partial charge in [0.1, 0.15) is 12.2 Å². The highest BCUT2D eigenvalue weighted by Crippen LogP contribution is 2.32. The van der Waals surface area contributed by atoms with E-state index in [4.69, 9.17) is 4.74 Å². The van der Waals surface area contributed by atoms with Crippen LogP contribution in [0.2, 0.25) is 0 Å². The maximum absolute atomic E-state index is 11.3. The molecule has 1 aromatic carbocycles. The lowest BCUT2D eigenvalue weighted by atomic mass is 9.89. The third-order valence-corrected chi connectivity index (χ3v) is 3.37. The van der Waals surface area contributed by atoms with Crippen LogP contribution in [0.1, 0.15) is 12.5 Å². The zero-order valence-electron chi connectivity index (χ0n) is 10.5. The van der Waals surface area contributed by atoms with Gasteiger partial charge >= 0.3 is 0 Å². The van der Waals surface area contributed by atoms with E-state index in [2.05, 4.69) is 27.8 Å². The number of rotatable bonds is 3. The zero-order chi connectivity index (χ0) is 13.7. The molecule has 0 unspecified atom stereocenters. The summed E-state index contributed by atoms with van der Waals surface area (Å²) in [5, 5.41) is 0. The summed E-state index contributed by atoms with van der Waals surface area (Å²) < 4.78 is 6.87. The Balaban J connectivity index is 2.36. The standard InChI is InChI=1S/C16H13BrO2/c1-2-3-12-19-16(10-8-15(18)9-11-16)13-4-6-14(17)7-5-13/h4-11H,12H2,1H3. The lowest BCUT2D eigenvalue weighted by Crippen LogP contribution is -2.27. The second-order valence-corrected chi connectivity index (χ2v) is 5.00. The number of hydrogen-bond donors (Lipinski definition) is 0. The van der Waals surface area contributed by atoms with Crippen LogP contribution in [-0.4, -0.2) is 12.4 Å². The molecule has 96 valence electrons. The summed E-state index contributed by atoms with van der Waals surface area (Å²) in [6, 6.07) is 7.83. The van der Waals surface area contributed by atoms with Gasteiger partial charge in [-0.25, -0.2) is 0 Å². The van der Waals surface area contributed by atoms with Gasteiger partial charge in [-0.1, -0.05) is 34.0 Å². The van der Waals surface area contributed by atoms with Gasteiger partial charge in [-0.3, -0.25) is 4.79 Å². The van der Waals surface area contributed by atoms with Crippen LogP contribution in [0.3, 0.4) is 0 Å². The van der Waals surface area contributed by atoms with Gasteiger partial charge < -0.3 is 4.74 Å². The van der Waals surface area contributed by atoms with Crippen molar-refractivity contribution in [3.8, 4) is 11.8 Å². The number of carbonyl (C=O) groups is 1. The number of benzene rings is 1. The monoisotopic (exact) mass is 316 g/mol. The van der Waals surface area contributed by atoms with Crippen molar-refractivity contribution in [2.75, 3.05) is 6.61 Å². The molecule has 0 N–H and O–H groups in total. The Morgan fingerprint density at radius 3 is 2.42 bits per heavy atom. The van der Waals surface area contributed by atoms with Gasteiger partial charge in [0.25, 0.3) is 0 Å². The lowest BCUT2D eigenvalue weighted by molar-refractivity contribution is -0.110. The van der Waals surface area contributed by atoms with Crippen LogP contribution in [0.15, 0.2) is 53.0 Å². The minimum Gasteiger partial charge on any atom is -0.349 e. The van der Waals surface area contributed by atoms with E-state index in [1.54, 1.807) is 19.1 Å². The molecule has 0 aliphatic heterocycles. The van der Waals surface area contributed by atoms with Gasteiger partial charge in [-0.15, -0.1) is 5.92 Å². The van der Waals surface area contributed by atoms with Crippen molar-refractivity contribution >= 4 is 21.7 Å². The maximum Gasteiger partial charge on any atom is 0.178 e. The molecule has 2 rings (SSSR count). The Bertz CT molecular complexity index is 569. The summed E-state index contributed by atoms with van der Waals surface area (Å²) in [6.45, 7) is 2.08. The van der Waals surface area contributed by atoms with E-state index >= 15 is 0 Å². The molecule has 0 fully saturated rings. The minimum atomic E-state index is -0.710. The second kappa shape index (κ2) is 6.01. The van der Waals surface area contributed by atoms with Crippen LogP contribution in [0, 0.1) is 11.8 Å². The van der Waals surface area contributed by atoms with Gasteiger partial charge in [0.15, 0.2) is 5.78 Å². The third kappa shape index (κ3) is 3.23. The second-order valence-electron chi connectivity index (χ2n) is 4.08. The van der Waals surface area contributed by atoms with Gasteiger partial charge in [0, 0.05) is 4.47 Å². The SMILES string of the molecule is CC#CCOC1(c2ccc(Br)cc2)C=CC(=O)C=C1. The molecule has 0 atom stereocenters. The lowest BCUT2D eigenvalue weighted by Gasteiger charge is -2.29. The minimum absolute atomic E-state index is 0.0297. The molecule has 0 amide bonds. The summed E-state index contributed by atoms with van der Waals surface area (Å²) in [7, 11) is 0. The summed E-state index contributed by atoms with van der Waals surface area (Å²) in [4.78, 5) is 11.3. The highest BCUT2D eigenvalue weighted by molar-refractivity contribution is 9.10. The Morgan fingerprint density at radius 2 is 1.84 bits per heavy atom. The van der Waals surface area contributed by atoms with E-state index in [1.165, 1.54) is 12.2 Å². The third-order valence-electron chi connectivity index (χ3n) is 2.85. The molecule has 0 spiro atoms. The van der Waals surface area contributed by atoms with Gasteiger partial charge in [-0.05, 0) is 48.9 Å². The molecular weight excluding hydrogens is 304 g/mol. The van der Waals surface area contributed by atoms with E-state index in [9.17, 15) is 4.79 Å². The Labute approximate surface area is 121 Å². The van der Waals surface area contributed by atoms with Gasteiger partial charge in [0.2, 0.25) is 0 Å². The molecule has 0 radical (unpaired) electrons. The van der Waals surface area contributed by atoms with E-state index in [0.717, 1.165) is 10.0 Å². The first-order chi connectivity index (χ1) is 9.16. The first-order valence-electron chi connectivity index (χ1n) is 5.88. The quantitative estimate of drug-likeness (QED) is 0.799. The zero-order valence-corrected chi connectivity index (χ0v) is 12.1. The van der Waals surface area contributed by atoms with Gasteiger partial charge in [0.05, 0.1) is 0 Å². The highest BCUT2D eigenvalue weighted by Gasteiger charge is 2.29. The Morgan fingerprint density at radius 1 is 1.21 bits per heavy atom. The average molecular weight is 317 g/mol. The number of carbonyl (C=O) groups excluding carboxylic acids is 1. The van der Waals surface area contributed by atoms with Crippen molar-refractivity contribution in [3.05, 3.63) is 58.6 Å². The largest absolute Gasteiger partial charge is 0.349 e. The molecule has 0 saturated carbocycles. The summed E-state index contributed by atoms with van der Waals surface area (Å²) in [5.74, 6) is 5.65. The maximum atomic E-state index is 11.3. The van der Waals surface area contributed by atoms with Crippen LogP contribution in [0.5, 0.6) is 0 Å². The summed E-state index contributed by atoms with van der Waals surface area (Å²) in [6.07, 6.45) is 6.61. The molecule has 0 bridgehead atoms. The molecule has 0 saturated heterocycles. The highest BCUT2D eigenvalue weighted by atomic mass is 79.9. The molecule has 0 heterocycles. The number of halogens is 1. The van der Waals surface area contributed by atoms with Crippen molar-refractivity contribution in [2.24, 2.45) is 0 Å². The molecule has 1 aromatic rings. The van der Waals surface area contributed by atoms with E-state index in [1.807, 2.05) is 24.3 Å². The number of ketones is 1. The van der Waals surface area contributed by atoms with Crippen molar-refractivity contribution in [1.29, 1.82) is 0 Å². The van der Waals surface area contributed by atoms with Crippen molar-refractivity contribution in [2.45, 2.75) is 12.5 Å². The van der Waals surface area contributed by atoms with Crippen molar-refractivity contribution in [1.82, 2.24) is 0 Å². The molecule has 1 aliphatic rings. The molecule has 2 nitrogen and oxygen atoms in total. The van der Waals surface area contributed by atoms with E-state index in [0.29, 0.717) is 6.61 Å². The van der Waals surface area contributed by atoms with Crippen molar-refractivity contribution < 1.29 is 9.53 Å². The fourth-order valence-corrected chi connectivity index (χ4v) is 2.10. The molecule has 0 aromatic heterocycles. The Kier molecular flexibility index (Phi) is 4.36. The summed E-state index contributed by atoms with van der Waals surface area (Å²) in [5.41, 5.74) is 0.256. The molecule has 19 heavy (non-hydrogen) atoms. The van der Waals surface area contributed by atoms with E-state index < -0.39 is 5.60 Å². The molecule has 1 aliphatic carbocycles. The fourth-order valence-electron chi connectivity index (χ4n) is 1.83.